The van der Waals surface area contributed by atoms with Crippen LogP contribution in [0.4, 0.5) is 8.78 Å². The van der Waals surface area contributed by atoms with Crippen molar-refractivity contribution in [3.8, 4) is 0 Å². The molecule has 0 saturated heterocycles. The Hall–Kier alpha value is -0.960. The maximum absolute atomic E-state index is 12.2. The van der Waals surface area contributed by atoms with E-state index in [-0.39, 0.29) is 17.9 Å². The van der Waals surface area contributed by atoms with Crippen LogP contribution in [0.15, 0.2) is 24.3 Å². The largest absolute Gasteiger partial charge is 0.327 e. The van der Waals surface area contributed by atoms with Crippen LogP contribution in [0, 0.1) is 0 Å². The van der Waals surface area contributed by atoms with Gasteiger partial charge in [-0.25, -0.2) is 8.78 Å². The molecule has 0 bridgehead atoms. The van der Waals surface area contributed by atoms with Crippen LogP contribution in [0.5, 0.6) is 0 Å². The molecule has 1 aliphatic rings. The number of halogens is 2. The second kappa shape index (κ2) is 4.13. The van der Waals surface area contributed by atoms with Gasteiger partial charge in [0.15, 0.2) is 0 Å². The van der Waals surface area contributed by atoms with Gasteiger partial charge in [0.2, 0.25) is 6.43 Å². The Labute approximate surface area is 94.7 Å². The Morgan fingerprint density at radius 1 is 1.25 bits per heavy atom. The Morgan fingerprint density at radius 3 is 2.19 bits per heavy atom. The molecule has 1 fully saturated rings. The SMILES string of the molecule is CC(N)C1(c2ccc(CC(F)F)cc2)CC1. The summed E-state index contributed by atoms with van der Waals surface area (Å²) in [5.41, 5.74) is 7.97. The number of hydrogen-bond donors (Lipinski definition) is 1. The Kier molecular flexibility index (Phi) is 2.98. The van der Waals surface area contributed by atoms with Gasteiger partial charge in [-0.15, -0.1) is 0 Å². The molecule has 0 heterocycles. The lowest BCUT2D eigenvalue weighted by Crippen LogP contribution is -2.31. The van der Waals surface area contributed by atoms with E-state index in [9.17, 15) is 8.78 Å². The van der Waals surface area contributed by atoms with Gasteiger partial charge in [0, 0.05) is 17.9 Å². The lowest BCUT2D eigenvalue weighted by Gasteiger charge is -2.20. The summed E-state index contributed by atoms with van der Waals surface area (Å²) in [5.74, 6) is 0. The van der Waals surface area contributed by atoms with Crippen LogP contribution in [0.2, 0.25) is 0 Å². The topological polar surface area (TPSA) is 26.0 Å². The fourth-order valence-electron chi connectivity index (χ4n) is 2.29. The number of nitrogens with two attached hydrogens (primary N) is 1. The highest BCUT2D eigenvalue weighted by molar-refractivity contribution is 5.35. The minimum absolute atomic E-state index is 0.114. The lowest BCUT2D eigenvalue weighted by atomic mass is 9.89. The van der Waals surface area contributed by atoms with Gasteiger partial charge in [-0.1, -0.05) is 24.3 Å². The lowest BCUT2D eigenvalue weighted by molar-refractivity contribution is 0.149. The molecule has 88 valence electrons. The predicted octanol–water partition coefficient (Wildman–Crippen LogP) is 2.87. The molecular formula is C13H17F2N. The van der Waals surface area contributed by atoms with Crippen molar-refractivity contribution < 1.29 is 8.78 Å². The first-order valence-electron chi connectivity index (χ1n) is 5.68. The minimum atomic E-state index is -2.27. The van der Waals surface area contributed by atoms with Gasteiger partial charge in [0.05, 0.1) is 0 Å². The molecule has 1 aliphatic carbocycles. The Bertz CT molecular complexity index is 353. The normalized spacial score (nSPS) is 19.8. The summed E-state index contributed by atoms with van der Waals surface area (Å²) >= 11 is 0. The van der Waals surface area contributed by atoms with Crippen molar-refractivity contribution >= 4 is 0 Å². The van der Waals surface area contributed by atoms with E-state index in [0.717, 1.165) is 12.8 Å². The van der Waals surface area contributed by atoms with Crippen LogP contribution < -0.4 is 5.73 Å². The van der Waals surface area contributed by atoms with Crippen molar-refractivity contribution in [2.24, 2.45) is 5.73 Å². The van der Waals surface area contributed by atoms with Crippen LogP contribution >= 0.6 is 0 Å². The molecule has 1 nitrogen and oxygen atoms in total. The molecule has 1 saturated carbocycles. The molecule has 1 aromatic carbocycles. The molecule has 0 aromatic heterocycles. The third kappa shape index (κ3) is 2.09. The molecular weight excluding hydrogens is 208 g/mol. The van der Waals surface area contributed by atoms with Crippen LogP contribution in [0.1, 0.15) is 30.9 Å². The van der Waals surface area contributed by atoms with Gasteiger partial charge in [0.25, 0.3) is 0 Å². The monoisotopic (exact) mass is 225 g/mol. The highest BCUT2D eigenvalue weighted by Crippen LogP contribution is 2.50. The standard InChI is InChI=1S/C13H17F2N/c1-9(16)13(6-7-13)11-4-2-10(3-5-11)8-12(14)15/h2-5,9,12H,6-8,16H2,1H3. The van der Waals surface area contributed by atoms with Crippen LogP contribution in [-0.2, 0) is 11.8 Å². The highest BCUT2D eigenvalue weighted by atomic mass is 19.3. The van der Waals surface area contributed by atoms with Gasteiger partial charge in [-0.3, -0.25) is 0 Å². The van der Waals surface area contributed by atoms with Crippen molar-refractivity contribution in [1.29, 1.82) is 0 Å². The van der Waals surface area contributed by atoms with E-state index in [4.69, 9.17) is 5.73 Å². The number of benzene rings is 1. The second-order valence-corrected chi connectivity index (χ2v) is 4.74. The third-order valence-electron chi connectivity index (χ3n) is 3.58. The first kappa shape index (κ1) is 11.5. The van der Waals surface area contributed by atoms with E-state index >= 15 is 0 Å². The molecule has 1 atom stereocenters. The van der Waals surface area contributed by atoms with Crippen molar-refractivity contribution in [2.45, 2.75) is 44.1 Å². The summed E-state index contributed by atoms with van der Waals surface area (Å²) in [6.07, 6.45) is -0.211. The predicted molar refractivity (Wildman–Crippen MR) is 60.7 cm³/mol. The van der Waals surface area contributed by atoms with E-state index in [2.05, 4.69) is 0 Å². The zero-order valence-electron chi connectivity index (χ0n) is 9.42. The van der Waals surface area contributed by atoms with Crippen LogP contribution in [-0.4, -0.2) is 12.5 Å². The van der Waals surface area contributed by atoms with Crippen molar-refractivity contribution in [3.63, 3.8) is 0 Å². The summed E-state index contributed by atoms with van der Waals surface area (Å²) in [6, 6.07) is 7.63. The molecule has 0 spiro atoms. The minimum Gasteiger partial charge on any atom is -0.327 e. The molecule has 0 amide bonds. The summed E-state index contributed by atoms with van der Waals surface area (Å²) in [7, 11) is 0. The fraction of sp³-hybridized carbons (Fsp3) is 0.538. The van der Waals surface area contributed by atoms with Crippen molar-refractivity contribution in [2.75, 3.05) is 0 Å². The fourth-order valence-corrected chi connectivity index (χ4v) is 2.29. The summed E-state index contributed by atoms with van der Waals surface area (Å²) in [5, 5.41) is 0. The summed E-state index contributed by atoms with van der Waals surface area (Å²) in [6.45, 7) is 2.01. The second-order valence-electron chi connectivity index (χ2n) is 4.74. The third-order valence-corrected chi connectivity index (χ3v) is 3.58. The average molecular weight is 225 g/mol. The van der Waals surface area contributed by atoms with E-state index in [0.29, 0.717) is 5.56 Å². The van der Waals surface area contributed by atoms with E-state index in [1.54, 1.807) is 12.1 Å². The van der Waals surface area contributed by atoms with Gasteiger partial charge >= 0.3 is 0 Å². The Balaban J connectivity index is 2.14. The van der Waals surface area contributed by atoms with Crippen molar-refractivity contribution in [3.05, 3.63) is 35.4 Å². The first-order chi connectivity index (χ1) is 7.54. The van der Waals surface area contributed by atoms with E-state index < -0.39 is 6.43 Å². The van der Waals surface area contributed by atoms with E-state index in [1.165, 1.54) is 5.56 Å². The first-order valence-corrected chi connectivity index (χ1v) is 5.68. The van der Waals surface area contributed by atoms with Crippen LogP contribution in [0.25, 0.3) is 0 Å². The molecule has 3 heteroatoms. The molecule has 16 heavy (non-hydrogen) atoms. The molecule has 1 aromatic rings. The maximum Gasteiger partial charge on any atom is 0.242 e. The van der Waals surface area contributed by atoms with Crippen molar-refractivity contribution in [1.82, 2.24) is 0 Å². The number of alkyl halides is 2. The molecule has 0 aliphatic heterocycles. The highest BCUT2D eigenvalue weighted by Gasteiger charge is 2.47. The molecule has 2 N–H and O–H groups in total. The number of hydrogen-bond acceptors (Lipinski definition) is 1. The van der Waals surface area contributed by atoms with Gasteiger partial charge < -0.3 is 5.73 Å². The Morgan fingerprint density at radius 2 is 1.81 bits per heavy atom. The number of rotatable bonds is 4. The van der Waals surface area contributed by atoms with Gasteiger partial charge in [-0.05, 0) is 30.9 Å². The van der Waals surface area contributed by atoms with E-state index in [1.807, 2.05) is 19.1 Å². The molecule has 0 radical (unpaired) electrons. The summed E-state index contributed by atoms with van der Waals surface area (Å²) < 4.78 is 24.4. The average Bonchev–Trinajstić information content (AvgIpc) is 2.98. The smallest absolute Gasteiger partial charge is 0.242 e. The van der Waals surface area contributed by atoms with Crippen LogP contribution in [0.3, 0.4) is 0 Å². The molecule has 2 rings (SSSR count). The van der Waals surface area contributed by atoms with Gasteiger partial charge in [0.1, 0.15) is 0 Å². The maximum atomic E-state index is 12.2. The zero-order valence-corrected chi connectivity index (χ0v) is 9.42. The van der Waals surface area contributed by atoms with Gasteiger partial charge in [-0.2, -0.15) is 0 Å². The molecule has 1 unspecified atom stereocenters. The quantitative estimate of drug-likeness (QED) is 0.837. The zero-order chi connectivity index (χ0) is 11.8. The summed E-state index contributed by atoms with van der Waals surface area (Å²) in [4.78, 5) is 0.